The molecule has 176 valence electrons. The summed E-state index contributed by atoms with van der Waals surface area (Å²) in [5, 5.41) is 0. The summed E-state index contributed by atoms with van der Waals surface area (Å²) >= 11 is 3.70. The minimum absolute atomic E-state index is 0.0313. The van der Waals surface area contributed by atoms with Gasteiger partial charge in [0.25, 0.3) is 5.91 Å². The second-order valence-corrected chi connectivity index (χ2v) is 9.95. The van der Waals surface area contributed by atoms with Gasteiger partial charge in [-0.1, -0.05) is 6.42 Å². The zero-order chi connectivity index (χ0) is 23.1. The lowest BCUT2D eigenvalue weighted by Crippen LogP contribution is -2.42. The Balaban J connectivity index is 1.39. The molecule has 0 atom stereocenters. The first-order valence-electron chi connectivity index (χ1n) is 11.7. The van der Waals surface area contributed by atoms with Gasteiger partial charge in [0.05, 0.1) is 19.9 Å². The first kappa shape index (κ1) is 22.3. The number of fused-ring (bicyclic) bond motifs is 3. The van der Waals surface area contributed by atoms with Crippen LogP contribution in [0, 0.1) is 5.92 Å². The highest BCUT2D eigenvalue weighted by atomic mass is 79.9. The van der Waals surface area contributed by atoms with Crippen molar-refractivity contribution < 1.29 is 19.1 Å². The third-order valence-electron chi connectivity index (χ3n) is 7.29. The molecule has 0 N–H and O–H groups in total. The highest BCUT2D eigenvalue weighted by Crippen LogP contribution is 2.43. The van der Waals surface area contributed by atoms with Crippen LogP contribution in [-0.2, 0) is 17.8 Å². The third kappa shape index (κ3) is 3.92. The van der Waals surface area contributed by atoms with E-state index >= 15 is 0 Å². The topological polar surface area (TPSA) is 64.0 Å². The van der Waals surface area contributed by atoms with Crippen LogP contribution < -0.4 is 9.47 Å². The number of methoxy groups -OCH3 is 2. The van der Waals surface area contributed by atoms with Gasteiger partial charge in [-0.15, -0.1) is 0 Å². The molecule has 7 nitrogen and oxygen atoms in total. The number of nitrogens with zero attached hydrogens (tertiary/aromatic N) is 3. The fourth-order valence-corrected chi connectivity index (χ4v) is 5.84. The molecule has 0 radical (unpaired) electrons. The summed E-state index contributed by atoms with van der Waals surface area (Å²) in [7, 11) is 3.28. The number of carbonyl (C=O) groups excluding carboxylic acids is 2. The van der Waals surface area contributed by atoms with E-state index in [1.165, 1.54) is 5.56 Å². The Morgan fingerprint density at radius 1 is 0.909 bits per heavy atom. The molecule has 2 aliphatic heterocycles. The fraction of sp³-hybridized carbons (Fsp3) is 0.520. The lowest BCUT2D eigenvalue weighted by Gasteiger charge is -2.31. The summed E-state index contributed by atoms with van der Waals surface area (Å²) in [6.07, 6.45) is 4.82. The maximum Gasteiger partial charge on any atom is 0.270 e. The molecular weight excluding hydrogens is 486 g/mol. The number of aromatic nitrogens is 1. The number of amides is 2. The van der Waals surface area contributed by atoms with Crippen LogP contribution in [0.4, 0.5) is 0 Å². The number of rotatable bonds is 4. The van der Waals surface area contributed by atoms with Crippen LogP contribution >= 0.6 is 15.9 Å². The number of hydrogen-bond acceptors (Lipinski definition) is 4. The van der Waals surface area contributed by atoms with Gasteiger partial charge in [0.1, 0.15) is 5.69 Å². The van der Waals surface area contributed by atoms with Gasteiger partial charge in [0.15, 0.2) is 11.5 Å². The van der Waals surface area contributed by atoms with E-state index in [4.69, 9.17) is 9.47 Å². The molecule has 2 fully saturated rings. The quantitative estimate of drug-likeness (QED) is 0.617. The molecule has 8 heteroatoms. The average Bonchev–Trinajstić information content (AvgIpc) is 2.96. The van der Waals surface area contributed by atoms with E-state index < -0.39 is 0 Å². The summed E-state index contributed by atoms with van der Waals surface area (Å²) in [6, 6.07) is 5.96. The highest BCUT2D eigenvalue weighted by molar-refractivity contribution is 9.10. The molecule has 0 bridgehead atoms. The Hall–Kier alpha value is -2.48. The molecule has 1 aliphatic carbocycles. The molecule has 1 saturated carbocycles. The zero-order valence-corrected chi connectivity index (χ0v) is 20.8. The number of halogens is 1. The van der Waals surface area contributed by atoms with Crippen molar-refractivity contribution in [3.63, 3.8) is 0 Å². The monoisotopic (exact) mass is 515 g/mol. The lowest BCUT2D eigenvalue weighted by atomic mass is 9.84. The fourth-order valence-electron chi connectivity index (χ4n) is 5.20. The molecule has 0 spiro atoms. The molecule has 5 rings (SSSR count). The summed E-state index contributed by atoms with van der Waals surface area (Å²) < 4.78 is 14.0. The Labute approximate surface area is 202 Å². The van der Waals surface area contributed by atoms with Gasteiger partial charge < -0.3 is 23.8 Å². The standard InChI is InChI=1S/C25H30BrN3O4/c1-32-21-13-17-7-10-29-20(15-19(26)23(29)18(17)14-22(21)33-2)25(31)28-9-4-8-27(11-12-28)24(30)16-5-3-6-16/h13-16H,3-12H2,1-2H3. The van der Waals surface area contributed by atoms with Gasteiger partial charge in [0, 0.05) is 48.7 Å². The van der Waals surface area contributed by atoms with Crippen LogP contribution in [0.3, 0.4) is 0 Å². The molecule has 3 aliphatic rings. The maximum absolute atomic E-state index is 13.6. The van der Waals surface area contributed by atoms with Crippen molar-refractivity contribution in [2.24, 2.45) is 5.92 Å². The Kier molecular flexibility index (Phi) is 6.12. The molecule has 3 heterocycles. The average molecular weight is 516 g/mol. The second kappa shape index (κ2) is 9.05. The van der Waals surface area contributed by atoms with Crippen molar-refractivity contribution >= 4 is 27.7 Å². The van der Waals surface area contributed by atoms with Crippen molar-refractivity contribution in [1.82, 2.24) is 14.4 Å². The number of aryl methyl sites for hydroxylation is 1. The van der Waals surface area contributed by atoms with E-state index in [0.717, 1.165) is 60.9 Å². The Bertz CT molecular complexity index is 1090. The van der Waals surface area contributed by atoms with Crippen LogP contribution in [0.25, 0.3) is 11.3 Å². The van der Waals surface area contributed by atoms with Crippen molar-refractivity contribution in [3.8, 4) is 22.8 Å². The molecule has 0 unspecified atom stereocenters. The van der Waals surface area contributed by atoms with Crippen LogP contribution in [0.15, 0.2) is 22.7 Å². The molecule has 1 saturated heterocycles. The number of benzene rings is 1. The third-order valence-corrected chi connectivity index (χ3v) is 7.89. The summed E-state index contributed by atoms with van der Waals surface area (Å²) in [5.74, 6) is 1.91. The van der Waals surface area contributed by atoms with Crippen LogP contribution in [-0.4, -0.2) is 66.6 Å². The van der Waals surface area contributed by atoms with Crippen molar-refractivity contribution in [2.75, 3.05) is 40.4 Å². The maximum atomic E-state index is 13.6. The van der Waals surface area contributed by atoms with Gasteiger partial charge in [-0.25, -0.2) is 0 Å². The molecule has 2 aromatic rings. The van der Waals surface area contributed by atoms with Crippen LogP contribution in [0.5, 0.6) is 11.5 Å². The number of carbonyl (C=O) groups is 2. The summed E-state index contributed by atoms with van der Waals surface area (Å²) in [4.78, 5) is 30.1. The highest BCUT2D eigenvalue weighted by Gasteiger charge is 2.33. The molecular formula is C25H30BrN3O4. The Morgan fingerprint density at radius 3 is 2.30 bits per heavy atom. The lowest BCUT2D eigenvalue weighted by molar-refractivity contribution is -0.138. The Morgan fingerprint density at radius 2 is 1.61 bits per heavy atom. The SMILES string of the molecule is COc1cc2c(cc1OC)-c1c(Br)cc(C(=O)N3CCCN(C(=O)C4CCC4)CC3)n1CC2. The van der Waals surface area contributed by atoms with Crippen LogP contribution in [0.2, 0.25) is 0 Å². The van der Waals surface area contributed by atoms with E-state index in [-0.39, 0.29) is 17.7 Å². The predicted molar refractivity (Wildman–Crippen MR) is 129 cm³/mol. The summed E-state index contributed by atoms with van der Waals surface area (Å²) in [5.41, 5.74) is 3.92. The normalized spacial score (nSPS) is 18.2. The largest absolute Gasteiger partial charge is 0.493 e. The predicted octanol–water partition coefficient (Wildman–Crippen LogP) is 3.97. The van der Waals surface area contributed by atoms with E-state index in [0.29, 0.717) is 36.8 Å². The van der Waals surface area contributed by atoms with Gasteiger partial charge in [0.2, 0.25) is 5.91 Å². The minimum atomic E-state index is 0.0313. The van der Waals surface area contributed by atoms with E-state index in [1.807, 2.05) is 28.0 Å². The van der Waals surface area contributed by atoms with E-state index in [2.05, 4.69) is 20.5 Å². The summed E-state index contributed by atoms with van der Waals surface area (Å²) in [6.45, 7) is 3.34. The number of hydrogen-bond donors (Lipinski definition) is 0. The molecule has 1 aromatic carbocycles. The molecule has 2 amide bonds. The first-order valence-corrected chi connectivity index (χ1v) is 12.5. The minimum Gasteiger partial charge on any atom is -0.493 e. The molecule has 33 heavy (non-hydrogen) atoms. The van der Waals surface area contributed by atoms with Gasteiger partial charge in [-0.2, -0.15) is 0 Å². The van der Waals surface area contributed by atoms with Crippen molar-refractivity contribution in [1.29, 1.82) is 0 Å². The van der Waals surface area contributed by atoms with Gasteiger partial charge in [-0.05, 0) is 65.4 Å². The van der Waals surface area contributed by atoms with Crippen molar-refractivity contribution in [3.05, 3.63) is 33.9 Å². The van der Waals surface area contributed by atoms with E-state index in [9.17, 15) is 9.59 Å². The van der Waals surface area contributed by atoms with Crippen LogP contribution in [0.1, 0.15) is 41.7 Å². The number of ether oxygens (including phenoxy) is 2. The smallest absolute Gasteiger partial charge is 0.270 e. The van der Waals surface area contributed by atoms with Gasteiger partial charge in [-0.3, -0.25) is 9.59 Å². The van der Waals surface area contributed by atoms with Gasteiger partial charge >= 0.3 is 0 Å². The molecule has 1 aromatic heterocycles. The van der Waals surface area contributed by atoms with Crippen molar-refractivity contribution in [2.45, 2.75) is 38.6 Å². The first-order chi connectivity index (χ1) is 16.0. The van der Waals surface area contributed by atoms with E-state index in [1.54, 1.807) is 14.2 Å². The zero-order valence-electron chi connectivity index (χ0n) is 19.2. The second-order valence-electron chi connectivity index (χ2n) is 9.09.